The Morgan fingerprint density at radius 2 is 2.16 bits per heavy atom. The van der Waals surface area contributed by atoms with Gasteiger partial charge in [0.05, 0.1) is 16.1 Å². The smallest absolute Gasteiger partial charge is 0.145 e. The first kappa shape index (κ1) is 15.1. The second kappa shape index (κ2) is 5.98. The first-order chi connectivity index (χ1) is 8.87. The molecule has 0 aromatic heterocycles. The summed E-state index contributed by atoms with van der Waals surface area (Å²) < 4.78 is 19.8. The Hall–Kier alpha value is -0.320. The minimum atomic E-state index is -0.464. The van der Waals surface area contributed by atoms with Crippen LogP contribution in [-0.4, -0.2) is 19.2 Å². The Morgan fingerprint density at radius 3 is 2.79 bits per heavy atom. The number of hydrogen-bond donors (Lipinski definition) is 1. The van der Waals surface area contributed by atoms with E-state index in [9.17, 15) is 4.39 Å². The van der Waals surface area contributed by atoms with Crippen LogP contribution in [0.3, 0.4) is 0 Å². The van der Waals surface area contributed by atoms with E-state index in [0.29, 0.717) is 22.9 Å². The predicted molar refractivity (Wildman–Crippen MR) is 79.4 cm³/mol. The van der Waals surface area contributed by atoms with Gasteiger partial charge in [-0.2, -0.15) is 0 Å². The van der Waals surface area contributed by atoms with Crippen LogP contribution in [0.25, 0.3) is 0 Å². The number of halogens is 3. The molecule has 0 amide bonds. The summed E-state index contributed by atoms with van der Waals surface area (Å²) in [5.74, 6) is 0.0233. The molecular weight excluding hydrogens is 333 g/mol. The Bertz CT molecular complexity index is 463. The fraction of sp³-hybridized carbons (Fsp3) is 0.571. The van der Waals surface area contributed by atoms with Gasteiger partial charge in [0.1, 0.15) is 11.6 Å². The summed E-state index contributed by atoms with van der Waals surface area (Å²) in [4.78, 5) is 0. The summed E-state index contributed by atoms with van der Waals surface area (Å²) in [7, 11) is 0. The lowest BCUT2D eigenvalue weighted by molar-refractivity contribution is 0.174. The van der Waals surface area contributed by atoms with Crippen molar-refractivity contribution in [3.8, 4) is 5.75 Å². The van der Waals surface area contributed by atoms with Crippen LogP contribution in [0.2, 0.25) is 5.02 Å². The van der Waals surface area contributed by atoms with Crippen molar-refractivity contribution >= 4 is 27.5 Å². The number of ether oxygens (including phenoxy) is 1. The molecule has 2 rings (SSSR count). The molecule has 0 bridgehead atoms. The molecular formula is C14H18BrClFNO. The maximum atomic E-state index is 13.4. The van der Waals surface area contributed by atoms with Crippen LogP contribution >= 0.6 is 27.5 Å². The average Bonchev–Trinajstić information content (AvgIpc) is 3.14. The lowest BCUT2D eigenvalue weighted by Crippen LogP contribution is -2.35. The van der Waals surface area contributed by atoms with E-state index in [4.69, 9.17) is 16.3 Å². The van der Waals surface area contributed by atoms with Crippen molar-refractivity contribution < 1.29 is 9.13 Å². The minimum absolute atomic E-state index is 0.00184. The molecule has 106 valence electrons. The molecule has 0 aliphatic heterocycles. The average molecular weight is 351 g/mol. The highest BCUT2D eigenvalue weighted by Gasteiger charge is 2.26. The summed E-state index contributed by atoms with van der Waals surface area (Å²) >= 11 is 9.03. The van der Waals surface area contributed by atoms with Crippen molar-refractivity contribution in [2.45, 2.75) is 32.7 Å². The second-order valence-electron chi connectivity index (χ2n) is 5.80. The van der Waals surface area contributed by atoms with Crippen molar-refractivity contribution in [2.75, 3.05) is 13.2 Å². The normalized spacial score (nSPS) is 15.6. The van der Waals surface area contributed by atoms with Gasteiger partial charge in [-0.3, -0.25) is 0 Å². The summed E-state index contributed by atoms with van der Waals surface area (Å²) in [6, 6.07) is 3.51. The molecule has 1 aliphatic rings. The Morgan fingerprint density at radius 1 is 1.47 bits per heavy atom. The van der Waals surface area contributed by atoms with Crippen molar-refractivity contribution in [1.29, 1.82) is 0 Å². The van der Waals surface area contributed by atoms with Gasteiger partial charge in [-0.05, 0) is 34.8 Å². The van der Waals surface area contributed by atoms with Gasteiger partial charge in [0.15, 0.2) is 0 Å². The number of nitrogens with one attached hydrogen (secondary N) is 1. The molecule has 0 saturated heterocycles. The van der Waals surface area contributed by atoms with Gasteiger partial charge in [-0.1, -0.05) is 25.4 Å². The molecule has 19 heavy (non-hydrogen) atoms. The zero-order chi connectivity index (χ0) is 14.0. The van der Waals surface area contributed by atoms with Crippen molar-refractivity contribution in [1.82, 2.24) is 5.32 Å². The maximum Gasteiger partial charge on any atom is 0.145 e. The summed E-state index contributed by atoms with van der Waals surface area (Å²) in [5.41, 5.74) is -0.00184. The fourth-order valence-electron chi connectivity index (χ4n) is 1.65. The van der Waals surface area contributed by atoms with Crippen LogP contribution in [0.4, 0.5) is 4.39 Å². The first-order valence-electron chi connectivity index (χ1n) is 6.38. The van der Waals surface area contributed by atoms with Gasteiger partial charge in [-0.15, -0.1) is 0 Å². The maximum absolute atomic E-state index is 13.4. The molecule has 5 heteroatoms. The zero-order valence-electron chi connectivity index (χ0n) is 11.1. The third-order valence-corrected chi connectivity index (χ3v) is 3.95. The topological polar surface area (TPSA) is 21.3 Å². The molecule has 0 heterocycles. The molecule has 0 unspecified atom stereocenters. The van der Waals surface area contributed by atoms with E-state index in [1.165, 1.54) is 25.0 Å². The van der Waals surface area contributed by atoms with Gasteiger partial charge in [0.25, 0.3) is 0 Å². The molecule has 2 nitrogen and oxygen atoms in total. The molecule has 1 saturated carbocycles. The molecule has 1 aromatic carbocycles. The quantitative estimate of drug-likeness (QED) is 0.768. The fourth-order valence-corrected chi connectivity index (χ4v) is 2.40. The van der Waals surface area contributed by atoms with Crippen LogP contribution in [0, 0.1) is 11.2 Å². The molecule has 1 N–H and O–H groups in total. The Labute approximate surface area is 126 Å². The number of hydrogen-bond acceptors (Lipinski definition) is 2. The highest BCUT2D eigenvalue weighted by Crippen LogP contribution is 2.31. The predicted octanol–water partition coefficient (Wildman–Crippen LogP) is 4.40. The van der Waals surface area contributed by atoms with Gasteiger partial charge in [0.2, 0.25) is 0 Å². The van der Waals surface area contributed by atoms with Gasteiger partial charge >= 0.3 is 0 Å². The minimum Gasteiger partial charge on any atom is -0.492 e. The third kappa shape index (κ3) is 4.62. The summed E-state index contributed by atoms with van der Waals surface area (Å²) in [6.07, 6.45) is 2.54. The van der Waals surface area contributed by atoms with Crippen LogP contribution in [0.5, 0.6) is 5.75 Å². The molecule has 0 radical (unpaired) electrons. The van der Waals surface area contributed by atoms with E-state index in [1.54, 1.807) is 0 Å². The Kier molecular flexibility index (Phi) is 4.75. The van der Waals surface area contributed by atoms with Crippen LogP contribution in [-0.2, 0) is 0 Å². The van der Waals surface area contributed by atoms with E-state index in [0.717, 1.165) is 6.54 Å². The van der Waals surface area contributed by atoms with Gasteiger partial charge < -0.3 is 10.1 Å². The zero-order valence-corrected chi connectivity index (χ0v) is 13.4. The molecule has 1 aromatic rings. The highest BCUT2D eigenvalue weighted by molar-refractivity contribution is 9.10. The van der Waals surface area contributed by atoms with E-state index in [-0.39, 0.29) is 10.4 Å². The molecule has 0 atom stereocenters. The van der Waals surface area contributed by atoms with Crippen LogP contribution in [0.1, 0.15) is 26.7 Å². The van der Waals surface area contributed by atoms with Crippen LogP contribution < -0.4 is 10.1 Å². The van der Waals surface area contributed by atoms with E-state index in [1.807, 2.05) is 0 Å². The largest absolute Gasteiger partial charge is 0.492 e. The monoisotopic (exact) mass is 349 g/mol. The van der Waals surface area contributed by atoms with Gasteiger partial charge in [0, 0.05) is 24.1 Å². The summed E-state index contributed by atoms with van der Waals surface area (Å²) in [5, 5.41) is 3.57. The standard InChI is InChI=1S/C14H18BrClFNO/c1-14(2,7-18-9-3-4-9)8-19-13-6-12(17)11(16)5-10(13)15/h5-6,9,18H,3-4,7-8H2,1-2H3. The summed E-state index contributed by atoms with van der Waals surface area (Å²) in [6.45, 7) is 5.67. The van der Waals surface area contributed by atoms with E-state index >= 15 is 0 Å². The molecule has 1 fully saturated rings. The van der Waals surface area contributed by atoms with Gasteiger partial charge in [-0.25, -0.2) is 4.39 Å². The third-order valence-electron chi connectivity index (χ3n) is 3.04. The Balaban J connectivity index is 1.91. The lowest BCUT2D eigenvalue weighted by atomic mass is 9.95. The number of benzene rings is 1. The van der Waals surface area contributed by atoms with Crippen LogP contribution in [0.15, 0.2) is 16.6 Å². The molecule has 1 aliphatic carbocycles. The first-order valence-corrected chi connectivity index (χ1v) is 7.55. The second-order valence-corrected chi connectivity index (χ2v) is 7.07. The highest BCUT2D eigenvalue weighted by atomic mass is 79.9. The number of rotatable bonds is 6. The van der Waals surface area contributed by atoms with Crippen molar-refractivity contribution in [3.05, 3.63) is 27.4 Å². The van der Waals surface area contributed by atoms with Crippen molar-refractivity contribution in [2.24, 2.45) is 5.41 Å². The van der Waals surface area contributed by atoms with E-state index < -0.39 is 5.82 Å². The molecule has 0 spiro atoms. The van der Waals surface area contributed by atoms with Crippen molar-refractivity contribution in [3.63, 3.8) is 0 Å². The SMILES string of the molecule is CC(C)(CNC1CC1)COc1cc(F)c(Cl)cc1Br. The van der Waals surface area contributed by atoms with E-state index in [2.05, 4.69) is 35.1 Å². The lowest BCUT2D eigenvalue weighted by Gasteiger charge is -2.25.